The first-order valence-electron chi connectivity index (χ1n) is 4.37. The molecule has 78 valence electrons. The average Bonchev–Trinajstić information content (AvgIpc) is 2.53. The van der Waals surface area contributed by atoms with Gasteiger partial charge in [0.25, 0.3) is 0 Å². The molecule has 0 atom stereocenters. The first-order chi connectivity index (χ1) is 6.66. The van der Waals surface area contributed by atoms with E-state index in [1.165, 1.54) is 17.9 Å². The highest BCUT2D eigenvalue weighted by Crippen LogP contribution is 2.21. The van der Waals surface area contributed by atoms with Crippen LogP contribution in [0.3, 0.4) is 0 Å². The minimum absolute atomic E-state index is 0.334. The van der Waals surface area contributed by atoms with E-state index in [2.05, 4.69) is 14.7 Å². The second-order valence-electron chi connectivity index (χ2n) is 3.40. The molecule has 5 nitrogen and oxygen atoms in total. The lowest BCUT2D eigenvalue weighted by Gasteiger charge is -2.25. The molecular formula is C7H11N3O2S2. The molecule has 0 spiro atoms. The van der Waals surface area contributed by atoms with Gasteiger partial charge in [-0.25, -0.2) is 13.4 Å². The van der Waals surface area contributed by atoms with Gasteiger partial charge in [-0.15, -0.1) is 0 Å². The minimum Gasteiger partial charge on any atom is -0.360 e. The van der Waals surface area contributed by atoms with Crippen molar-refractivity contribution in [1.82, 2.24) is 9.36 Å². The van der Waals surface area contributed by atoms with Gasteiger partial charge < -0.3 is 5.32 Å². The van der Waals surface area contributed by atoms with E-state index in [4.69, 9.17) is 0 Å². The molecule has 14 heavy (non-hydrogen) atoms. The highest BCUT2D eigenvalue weighted by molar-refractivity contribution is 7.92. The number of rotatable bonds is 4. The molecule has 7 heteroatoms. The van der Waals surface area contributed by atoms with E-state index in [1.807, 2.05) is 0 Å². The van der Waals surface area contributed by atoms with Gasteiger partial charge in [0.1, 0.15) is 6.33 Å². The Morgan fingerprint density at radius 2 is 2.36 bits per heavy atom. The lowest BCUT2D eigenvalue weighted by atomic mass is 10.1. The average molecular weight is 233 g/mol. The van der Waals surface area contributed by atoms with Crippen molar-refractivity contribution in [2.75, 3.05) is 23.4 Å². The molecule has 0 aromatic carbocycles. The van der Waals surface area contributed by atoms with Crippen molar-refractivity contribution < 1.29 is 8.42 Å². The molecule has 1 saturated heterocycles. The van der Waals surface area contributed by atoms with Gasteiger partial charge in [-0.2, -0.15) is 4.37 Å². The molecule has 1 aromatic rings. The fraction of sp³-hybridized carbons (Fsp3) is 0.714. The minimum atomic E-state index is -2.67. The number of nitrogens with one attached hydrogen (secondary N) is 1. The normalized spacial score (nSPS) is 20.3. The maximum absolute atomic E-state index is 10.8. The van der Waals surface area contributed by atoms with E-state index in [0.29, 0.717) is 17.4 Å². The van der Waals surface area contributed by atoms with E-state index in [9.17, 15) is 8.42 Å². The Morgan fingerprint density at radius 3 is 2.93 bits per heavy atom. The van der Waals surface area contributed by atoms with Gasteiger partial charge in [0.2, 0.25) is 5.13 Å². The van der Waals surface area contributed by atoms with Crippen molar-refractivity contribution in [1.29, 1.82) is 0 Å². The van der Waals surface area contributed by atoms with Crippen LogP contribution in [0, 0.1) is 5.92 Å². The lowest BCUT2D eigenvalue weighted by molar-refractivity contribution is 0.506. The Balaban J connectivity index is 1.65. The second-order valence-corrected chi connectivity index (χ2v) is 6.34. The van der Waals surface area contributed by atoms with Gasteiger partial charge in [0.15, 0.2) is 9.84 Å². The molecule has 0 amide bonds. The number of hydrogen-bond acceptors (Lipinski definition) is 6. The highest BCUT2D eigenvalue weighted by atomic mass is 32.2. The molecule has 1 aliphatic heterocycles. The van der Waals surface area contributed by atoms with Crippen LogP contribution in [0.15, 0.2) is 6.33 Å². The van der Waals surface area contributed by atoms with E-state index in [-0.39, 0.29) is 0 Å². The van der Waals surface area contributed by atoms with Crippen molar-refractivity contribution in [2.45, 2.75) is 6.42 Å². The number of anilines is 1. The largest absolute Gasteiger partial charge is 0.360 e. The van der Waals surface area contributed by atoms with Crippen LogP contribution < -0.4 is 5.32 Å². The summed E-state index contributed by atoms with van der Waals surface area (Å²) in [5, 5.41) is 3.90. The smallest absolute Gasteiger partial charge is 0.202 e. The summed E-state index contributed by atoms with van der Waals surface area (Å²) in [6.07, 6.45) is 2.39. The van der Waals surface area contributed by atoms with Gasteiger partial charge >= 0.3 is 0 Å². The van der Waals surface area contributed by atoms with Crippen molar-refractivity contribution in [3.63, 3.8) is 0 Å². The molecule has 1 fully saturated rings. The highest BCUT2D eigenvalue weighted by Gasteiger charge is 2.32. The maximum atomic E-state index is 10.8. The van der Waals surface area contributed by atoms with Gasteiger partial charge in [-0.1, -0.05) is 0 Å². The summed E-state index contributed by atoms with van der Waals surface area (Å²) < 4.78 is 25.5. The fourth-order valence-corrected chi connectivity index (χ4v) is 3.60. The zero-order valence-corrected chi connectivity index (χ0v) is 9.14. The molecule has 0 saturated carbocycles. The van der Waals surface area contributed by atoms with Gasteiger partial charge in [0.05, 0.1) is 11.5 Å². The Hall–Kier alpha value is -0.690. The topological polar surface area (TPSA) is 72.0 Å². The maximum Gasteiger partial charge on any atom is 0.202 e. The lowest BCUT2D eigenvalue weighted by Crippen LogP contribution is -2.37. The van der Waals surface area contributed by atoms with E-state index in [1.54, 1.807) is 0 Å². The number of sulfone groups is 1. The molecule has 0 bridgehead atoms. The van der Waals surface area contributed by atoms with Crippen molar-refractivity contribution in [3.8, 4) is 0 Å². The van der Waals surface area contributed by atoms with Crippen molar-refractivity contribution in [2.24, 2.45) is 5.92 Å². The first-order valence-corrected chi connectivity index (χ1v) is 6.96. The second kappa shape index (κ2) is 3.82. The Kier molecular flexibility index (Phi) is 2.69. The zero-order valence-electron chi connectivity index (χ0n) is 7.51. The van der Waals surface area contributed by atoms with Crippen LogP contribution in [0.4, 0.5) is 5.13 Å². The number of nitrogens with zero attached hydrogens (tertiary/aromatic N) is 2. The molecule has 1 aromatic heterocycles. The predicted octanol–water partition coefficient (Wildman–Crippen LogP) is 0.385. The van der Waals surface area contributed by atoms with Crippen LogP contribution in [-0.4, -0.2) is 35.8 Å². The van der Waals surface area contributed by atoms with Crippen LogP contribution in [0.25, 0.3) is 0 Å². The van der Waals surface area contributed by atoms with E-state index < -0.39 is 9.84 Å². The third-order valence-corrected chi connectivity index (χ3v) is 4.75. The van der Waals surface area contributed by atoms with Crippen LogP contribution in [0.2, 0.25) is 0 Å². The third-order valence-electron chi connectivity index (χ3n) is 2.17. The number of hydrogen-bond donors (Lipinski definition) is 1. The molecule has 2 heterocycles. The summed E-state index contributed by atoms with van der Waals surface area (Å²) in [6.45, 7) is 0.773. The molecule has 1 aliphatic rings. The standard InChI is InChI=1S/C7H11N3O2S2/c11-14(12)3-6(4-14)1-2-8-7-9-5-10-13-7/h5-6H,1-4H2,(H,8,9,10). The summed E-state index contributed by atoms with van der Waals surface area (Å²) >= 11 is 1.31. The predicted molar refractivity (Wildman–Crippen MR) is 55.2 cm³/mol. The Morgan fingerprint density at radius 1 is 1.57 bits per heavy atom. The van der Waals surface area contributed by atoms with Gasteiger partial charge in [-0.05, 0) is 12.3 Å². The first kappa shape index (κ1) is 9.85. The van der Waals surface area contributed by atoms with Crippen LogP contribution in [0.1, 0.15) is 6.42 Å². The number of aromatic nitrogens is 2. The Labute approximate surface area is 86.6 Å². The zero-order chi connectivity index (χ0) is 10.0. The summed E-state index contributed by atoms with van der Waals surface area (Å²) in [5.74, 6) is 1.04. The van der Waals surface area contributed by atoms with Crippen LogP contribution in [0.5, 0.6) is 0 Å². The SMILES string of the molecule is O=S1(=O)CC(CCNc2ncns2)C1. The summed E-state index contributed by atoms with van der Waals surface area (Å²) in [6, 6.07) is 0. The molecule has 0 unspecified atom stereocenters. The van der Waals surface area contributed by atoms with Crippen molar-refractivity contribution in [3.05, 3.63) is 6.33 Å². The monoisotopic (exact) mass is 233 g/mol. The van der Waals surface area contributed by atoms with Gasteiger partial charge in [-0.3, -0.25) is 0 Å². The van der Waals surface area contributed by atoms with Crippen LogP contribution in [-0.2, 0) is 9.84 Å². The van der Waals surface area contributed by atoms with Gasteiger partial charge in [0, 0.05) is 18.1 Å². The molecule has 0 aliphatic carbocycles. The fourth-order valence-electron chi connectivity index (χ4n) is 1.47. The molecule has 0 radical (unpaired) electrons. The molecular weight excluding hydrogens is 222 g/mol. The molecule has 1 N–H and O–H groups in total. The Bertz CT molecular complexity index is 375. The van der Waals surface area contributed by atoms with Crippen molar-refractivity contribution >= 4 is 26.5 Å². The summed E-state index contributed by atoms with van der Waals surface area (Å²) in [5.41, 5.74) is 0. The third kappa shape index (κ3) is 2.42. The quantitative estimate of drug-likeness (QED) is 0.814. The van der Waals surface area contributed by atoms with E-state index in [0.717, 1.165) is 18.1 Å². The summed E-state index contributed by atoms with van der Waals surface area (Å²) in [4.78, 5) is 3.96. The molecule has 2 rings (SSSR count). The summed E-state index contributed by atoms with van der Waals surface area (Å²) in [7, 11) is -2.67. The van der Waals surface area contributed by atoms with Crippen LogP contribution >= 0.6 is 11.5 Å². The van der Waals surface area contributed by atoms with E-state index >= 15 is 0 Å².